The van der Waals surface area contributed by atoms with E-state index in [1.807, 2.05) is 6.92 Å². The fraction of sp³-hybridized carbons (Fsp3) is 1.00. The average molecular weight is 262 g/mol. The van der Waals surface area contributed by atoms with Crippen molar-refractivity contribution in [2.45, 2.75) is 57.9 Å². The van der Waals surface area contributed by atoms with Crippen LogP contribution in [-0.2, 0) is 10.0 Å². The standard InChI is InChI=1S/C12H26N2O2S/c1-11(13)6-5-9-14-17(15,16)10-12-7-3-2-4-8-12/h11-12,14H,2-10,13H2,1H3. The molecule has 0 spiro atoms. The third-order valence-corrected chi connectivity index (χ3v) is 4.89. The molecular weight excluding hydrogens is 236 g/mol. The van der Waals surface area contributed by atoms with Crippen molar-refractivity contribution >= 4 is 10.0 Å². The molecule has 1 saturated carbocycles. The Kier molecular flexibility index (Phi) is 6.44. The molecule has 1 aliphatic carbocycles. The van der Waals surface area contributed by atoms with Crippen LogP contribution in [0.2, 0.25) is 0 Å². The van der Waals surface area contributed by atoms with E-state index >= 15 is 0 Å². The number of sulfonamides is 1. The van der Waals surface area contributed by atoms with Gasteiger partial charge in [-0.25, -0.2) is 13.1 Å². The van der Waals surface area contributed by atoms with Gasteiger partial charge in [-0.2, -0.15) is 0 Å². The Morgan fingerprint density at radius 3 is 2.53 bits per heavy atom. The minimum atomic E-state index is -3.07. The van der Waals surface area contributed by atoms with Crippen molar-refractivity contribution in [2.24, 2.45) is 11.7 Å². The van der Waals surface area contributed by atoms with E-state index < -0.39 is 10.0 Å². The Morgan fingerprint density at radius 1 is 1.29 bits per heavy atom. The van der Waals surface area contributed by atoms with Crippen LogP contribution in [0.1, 0.15) is 51.9 Å². The second-order valence-corrected chi connectivity index (χ2v) is 7.15. The van der Waals surface area contributed by atoms with Gasteiger partial charge in [0.2, 0.25) is 10.0 Å². The van der Waals surface area contributed by atoms with Crippen molar-refractivity contribution in [1.82, 2.24) is 4.72 Å². The van der Waals surface area contributed by atoms with Gasteiger partial charge in [0.15, 0.2) is 0 Å². The molecule has 0 aliphatic heterocycles. The Labute approximate surface area is 105 Å². The van der Waals surface area contributed by atoms with E-state index in [-0.39, 0.29) is 6.04 Å². The van der Waals surface area contributed by atoms with E-state index in [1.54, 1.807) is 0 Å². The zero-order valence-electron chi connectivity index (χ0n) is 10.8. The van der Waals surface area contributed by atoms with Crippen LogP contribution in [-0.4, -0.2) is 26.8 Å². The number of nitrogens with two attached hydrogens (primary N) is 1. The molecule has 4 nitrogen and oxygen atoms in total. The van der Waals surface area contributed by atoms with Gasteiger partial charge in [-0.05, 0) is 38.5 Å². The van der Waals surface area contributed by atoms with E-state index in [2.05, 4.69) is 4.72 Å². The van der Waals surface area contributed by atoms with Gasteiger partial charge in [-0.3, -0.25) is 0 Å². The number of rotatable bonds is 7. The minimum absolute atomic E-state index is 0.151. The predicted octanol–water partition coefficient (Wildman–Crippen LogP) is 1.61. The molecule has 0 bridgehead atoms. The lowest BCUT2D eigenvalue weighted by Crippen LogP contribution is -2.32. The molecule has 0 saturated heterocycles. The van der Waals surface area contributed by atoms with Gasteiger partial charge in [-0.15, -0.1) is 0 Å². The van der Waals surface area contributed by atoms with Crippen molar-refractivity contribution in [3.8, 4) is 0 Å². The highest BCUT2D eigenvalue weighted by Gasteiger charge is 2.20. The van der Waals surface area contributed by atoms with Gasteiger partial charge in [0, 0.05) is 12.6 Å². The third kappa shape index (κ3) is 7.01. The predicted molar refractivity (Wildman–Crippen MR) is 71.2 cm³/mol. The molecule has 3 N–H and O–H groups in total. The summed E-state index contributed by atoms with van der Waals surface area (Å²) < 4.78 is 26.3. The lowest BCUT2D eigenvalue weighted by molar-refractivity contribution is 0.384. The second-order valence-electron chi connectivity index (χ2n) is 5.30. The zero-order valence-corrected chi connectivity index (χ0v) is 11.6. The smallest absolute Gasteiger partial charge is 0.211 e. The van der Waals surface area contributed by atoms with Gasteiger partial charge in [0.25, 0.3) is 0 Å². The molecule has 0 aromatic rings. The van der Waals surface area contributed by atoms with Crippen LogP contribution in [0.4, 0.5) is 0 Å². The molecule has 0 heterocycles. The Balaban J connectivity index is 2.20. The van der Waals surface area contributed by atoms with Gasteiger partial charge < -0.3 is 5.73 Å². The van der Waals surface area contributed by atoms with E-state index in [4.69, 9.17) is 5.73 Å². The molecule has 0 radical (unpaired) electrons. The van der Waals surface area contributed by atoms with E-state index in [1.165, 1.54) is 19.3 Å². The molecule has 1 unspecified atom stereocenters. The van der Waals surface area contributed by atoms with Crippen LogP contribution in [0.25, 0.3) is 0 Å². The Bertz CT molecular complexity index is 296. The topological polar surface area (TPSA) is 72.2 Å². The Hall–Kier alpha value is -0.130. The maximum atomic E-state index is 11.8. The fourth-order valence-electron chi connectivity index (χ4n) is 2.37. The molecule has 5 heteroatoms. The van der Waals surface area contributed by atoms with Gasteiger partial charge in [-0.1, -0.05) is 19.3 Å². The zero-order chi connectivity index (χ0) is 12.7. The summed E-state index contributed by atoms with van der Waals surface area (Å²) in [6.45, 7) is 2.47. The first kappa shape index (κ1) is 14.9. The molecule has 1 rings (SSSR count). The number of hydrogen-bond donors (Lipinski definition) is 2. The molecule has 1 aliphatic rings. The van der Waals surface area contributed by atoms with E-state index in [0.717, 1.165) is 25.7 Å². The summed E-state index contributed by atoms with van der Waals surface area (Å²) in [4.78, 5) is 0. The number of hydrogen-bond acceptors (Lipinski definition) is 3. The highest BCUT2D eigenvalue weighted by molar-refractivity contribution is 7.89. The summed E-state index contributed by atoms with van der Waals surface area (Å²) in [6, 6.07) is 0.151. The van der Waals surface area contributed by atoms with Crippen LogP contribution >= 0.6 is 0 Å². The molecular formula is C12H26N2O2S. The van der Waals surface area contributed by atoms with Crippen molar-refractivity contribution in [1.29, 1.82) is 0 Å². The molecule has 17 heavy (non-hydrogen) atoms. The van der Waals surface area contributed by atoms with Crippen molar-refractivity contribution < 1.29 is 8.42 Å². The lowest BCUT2D eigenvalue weighted by atomic mass is 9.91. The first-order chi connectivity index (χ1) is 7.99. The summed E-state index contributed by atoms with van der Waals surface area (Å²) in [6.07, 6.45) is 7.46. The molecule has 0 aromatic heterocycles. The summed E-state index contributed by atoms with van der Waals surface area (Å²) >= 11 is 0. The lowest BCUT2D eigenvalue weighted by Gasteiger charge is -2.21. The molecule has 102 valence electrons. The molecule has 1 atom stereocenters. The molecule has 0 aromatic carbocycles. The Morgan fingerprint density at radius 2 is 1.94 bits per heavy atom. The van der Waals surface area contributed by atoms with Crippen LogP contribution in [0, 0.1) is 5.92 Å². The normalized spacial score (nSPS) is 20.4. The van der Waals surface area contributed by atoms with Gasteiger partial charge >= 0.3 is 0 Å². The monoisotopic (exact) mass is 262 g/mol. The first-order valence-electron chi connectivity index (χ1n) is 6.72. The first-order valence-corrected chi connectivity index (χ1v) is 8.38. The summed E-state index contributed by atoms with van der Waals surface area (Å²) in [5.41, 5.74) is 5.61. The maximum Gasteiger partial charge on any atom is 0.211 e. The average Bonchev–Trinajstić information content (AvgIpc) is 2.25. The van der Waals surface area contributed by atoms with Crippen LogP contribution in [0.15, 0.2) is 0 Å². The van der Waals surface area contributed by atoms with Crippen LogP contribution < -0.4 is 10.5 Å². The van der Waals surface area contributed by atoms with Crippen LogP contribution in [0.3, 0.4) is 0 Å². The van der Waals surface area contributed by atoms with Crippen molar-refractivity contribution in [2.75, 3.05) is 12.3 Å². The molecule has 1 fully saturated rings. The van der Waals surface area contributed by atoms with Gasteiger partial charge in [0.05, 0.1) is 5.75 Å². The fourth-order valence-corrected chi connectivity index (χ4v) is 3.90. The van der Waals surface area contributed by atoms with Gasteiger partial charge in [0.1, 0.15) is 0 Å². The van der Waals surface area contributed by atoms with E-state index in [0.29, 0.717) is 18.2 Å². The quantitative estimate of drug-likeness (QED) is 0.685. The van der Waals surface area contributed by atoms with Crippen molar-refractivity contribution in [3.63, 3.8) is 0 Å². The largest absolute Gasteiger partial charge is 0.328 e. The summed E-state index contributed by atoms with van der Waals surface area (Å²) in [5.74, 6) is 0.681. The third-order valence-electron chi connectivity index (χ3n) is 3.34. The summed E-state index contributed by atoms with van der Waals surface area (Å²) in [5, 5.41) is 0. The highest BCUT2D eigenvalue weighted by Crippen LogP contribution is 2.24. The van der Waals surface area contributed by atoms with Crippen LogP contribution in [0.5, 0.6) is 0 Å². The summed E-state index contributed by atoms with van der Waals surface area (Å²) in [7, 11) is -3.07. The minimum Gasteiger partial charge on any atom is -0.328 e. The highest BCUT2D eigenvalue weighted by atomic mass is 32.2. The van der Waals surface area contributed by atoms with E-state index in [9.17, 15) is 8.42 Å². The molecule has 0 amide bonds. The maximum absolute atomic E-state index is 11.8. The van der Waals surface area contributed by atoms with Crippen molar-refractivity contribution in [3.05, 3.63) is 0 Å². The number of nitrogens with one attached hydrogen (secondary N) is 1. The second kappa shape index (κ2) is 7.34. The SMILES string of the molecule is CC(N)CCCNS(=O)(=O)CC1CCCCC1.